The summed E-state index contributed by atoms with van der Waals surface area (Å²) in [6.07, 6.45) is 3.29. The number of carbonyl (C=O) groups is 2. The normalized spacial score (nSPS) is 17.4. The number of aliphatic hydroxyl groups excluding tert-OH is 1. The first kappa shape index (κ1) is 21.1. The van der Waals surface area contributed by atoms with Crippen molar-refractivity contribution in [3.63, 3.8) is 0 Å². The Labute approximate surface area is 185 Å². The molecule has 2 heterocycles. The predicted molar refractivity (Wildman–Crippen MR) is 118 cm³/mol. The van der Waals surface area contributed by atoms with Crippen LogP contribution in [0.1, 0.15) is 22.7 Å². The molecular formula is C25H22N2O5. The molecule has 2 aromatic carbocycles. The highest BCUT2D eigenvalue weighted by molar-refractivity contribution is 6.46. The summed E-state index contributed by atoms with van der Waals surface area (Å²) in [5, 5.41) is 11.1. The monoisotopic (exact) mass is 430 g/mol. The zero-order valence-corrected chi connectivity index (χ0v) is 17.7. The average Bonchev–Trinajstić information content (AvgIpc) is 3.09. The summed E-state index contributed by atoms with van der Waals surface area (Å²) < 4.78 is 10.5. The van der Waals surface area contributed by atoms with Crippen LogP contribution in [-0.4, -0.2) is 40.9 Å². The van der Waals surface area contributed by atoms with Gasteiger partial charge in [0.15, 0.2) is 0 Å². The number of carbonyl (C=O) groups excluding carboxylic acids is 2. The van der Waals surface area contributed by atoms with Gasteiger partial charge in [-0.05, 0) is 41.5 Å². The first-order valence-corrected chi connectivity index (χ1v) is 9.99. The maximum Gasteiger partial charge on any atom is 0.295 e. The van der Waals surface area contributed by atoms with Gasteiger partial charge in [-0.2, -0.15) is 0 Å². The topological polar surface area (TPSA) is 89.0 Å². The van der Waals surface area contributed by atoms with Crippen molar-refractivity contribution in [2.45, 2.75) is 12.6 Å². The number of aliphatic hydroxyl groups is 1. The van der Waals surface area contributed by atoms with Gasteiger partial charge in [0.2, 0.25) is 0 Å². The van der Waals surface area contributed by atoms with Crippen LogP contribution in [0.15, 0.2) is 78.6 Å². The van der Waals surface area contributed by atoms with Crippen molar-refractivity contribution in [2.75, 3.05) is 14.2 Å². The number of pyridine rings is 1. The molecule has 7 nitrogen and oxygen atoms in total. The maximum absolute atomic E-state index is 13.1. The fourth-order valence-corrected chi connectivity index (χ4v) is 3.79. The van der Waals surface area contributed by atoms with E-state index >= 15 is 0 Å². The second-order valence-corrected chi connectivity index (χ2v) is 7.29. The second-order valence-electron chi connectivity index (χ2n) is 7.29. The Morgan fingerprint density at radius 3 is 2.41 bits per heavy atom. The number of hydrogen-bond donors (Lipinski definition) is 1. The van der Waals surface area contributed by atoms with Gasteiger partial charge in [-0.25, -0.2) is 0 Å². The van der Waals surface area contributed by atoms with Crippen LogP contribution in [0, 0.1) is 0 Å². The summed E-state index contributed by atoms with van der Waals surface area (Å²) in [6.45, 7) is 0.171. The molecule has 1 amide bonds. The lowest BCUT2D eigenvalue weighted by Gasteiger charge is -2.25. The number of benzene rings is 2. The second kappa shape index (κ2) is 8.93. The first-order chi connectivity index (χ1) is 15.5. The summed E-state index contributed by atoms with van der Waals surface area (Å²) in [5.41, 5.74) is 1.87. The number of hydrogen-bond acceptors (Lipinski definition) is 6. The standard InChI is InChI=1S/C25H22N2O5/c1-31-19-10-8-17(9-11-19)22-21(23(28)18-6-3-7-20(13-18)32-2)24(29)25(30)27(22)15-16-5-4-12-26-14-16/h3-14,22,28H,15H2,1-2H3. The van der Waals surface area contributed by atoms with E-state index in [9.17, 15) is 14.7 Å². The quantitative estimate of drug-likeness (QED) is 0.364. The molecule has 1 aliphatic rings. The molecule has 1 N–H and O–H groups in total. The first-order valence-electron chi connectivity index (χ1n) is 9.99. The number of Topliss-reactive ketones (excluding diaryl/α,β-unsaturated/α-hetero) is 1. The van der Waals surface area contributed by atoms with Crippen LogP contribution in [0.5, 0.6) is 11.5 Å². The van der Waals surface area contributed by atoms with E-state index in [4.69, 9.17) is 9.47 Å². The molecule has 32 heavy (non-hydrogen) atoms. The van der Waals surface area contributed by atoms with Gasteiger partial charge in [-0.15, -0.1) is 0 Å². The van der Waals surface area contributed by atoms with Crippen molar-refractivity contribution >= 4 is 17.4 Å². The number of aromatic nitrogens is 1. The van der Waals surface area contributed by atoms with Crippen LogP contribution >= 0.6 is 0 Å². The van der Waals surface area contributed by atoms with Gasteiger partial charge in [0.1, 0.15) is 17.3 Å². The van der Waals surface area contributed by atoms with Crippen LogP contribution in [0.25, 0.3) is 5.76 Å². The molecule has 0 spiro atoms. The summed E-state index contributed by atoms with van der Waals surface area (Å²) in [6, 6.07) is 16.6. The molecule has 1 aromatic heterocycles. The van der Waals surface area contributed by atoms with E-state index < -0.39 is 17.7 Å². The van der Waals surface area contributed by atoms with Crippen LogP contribution in [0.3, 0.4) is 0 Å². The number of nitrogens with zero attached hydrogens (tertiary/aromatic N) is 2. The lowest BCUT2D eigenvalue weighted by Crippen LogP contribution is -2.29. The van der Waals surface area contributed by atoms with Gasteiger partial charge in [0.05, 0.1) is 25.8 Å². The van der Waals surface area contributed by atoms with Crippen molar-refractivity contribution in [1.29, 1.82) is 0 Å². The average molecular weight is 430 g/mol. The highest BCUT2D eigenvalue weighted by atomic mass is 16.5. The van der Waals surface area contributed by atoms with Gasteiger partial charge >= 0.3 is 0 Å². The fourth-order valence-electron chi connectivity index (χ4n) is 3.79. The number of ether oxygens (including phenoxy) is 2. The summed E-state index contributed by atoms with van der Waals surface area (Å²) in [7, 11) is 3.08. The minimum absolute atomic E-state index is 0.0253. The van der Waals surface area contributed by atoms with E-state index in [1.165, 1.54) is 12.0 Å². The van der Waals surface area contributed by atoms with Crippen LogP contribution in [0.4, 0.5) is 0 Å². The van der Waals surface area contributed by atoms with Crippen LogP contribution in [0.2, 0.25) is 0 Å². The maximum atomic E-state index is 13.1. The summed E-state index contributed by atoms with van der Waals surface area (Å²) in [4.78, 5) is 31.7. The molecule has 7 heteroatoms. The van der Waals surface area contributed by atoms with Gasteiger partial charge in [0, 0.05) is 24.5 Å². The molecule has 1 unspecified atom stereocenters. The van der Waals surface area contributed by atoms with Crippen LogP contribution < -0.4 is 9.47 Å². The summed E-state index contributed by atoms with van der Waals surface area (Å²) >= 11 is 0. The highest BCUT2D eigenvalue weighted by Gasteiger charge is 2.46. The molecule has 1 aliphatic heterocycles. The zero-order valence-electron chi connectivity index (χ0n) is 17.7. The van der Waals surface area contributed by atoms with Crippen molar-refractivity contribution < 1.29 is 24.2 Å². The molecule has 0 bridgehead atoms. The van der Waals surface area contributed by atoms with Gasteiger partial charge in [-0.3, -0.25) is 14.6 Å². The predicted octanol–water partition coefficient (Wildman–Crippen LogP) is 3.72. The molecule has 1 fully saturated rings. The highest BCUT2D eigenvalue weighted by Crippen LogP contribution is 2.40. The molecule has 1 atom stereocenters. The Bertz CT molecular complexity index is 1170. The van der Waals surface area contributed by atoms with Crippen molar-refractivity contribution in [2.24, 2.45) is 0 Å². The molecule has 1 saturated heterocycles. The molecule has 3 aromatic rings. The minimum Gasteiger partial charge on any atom is -0.507 e. The fraction of sp³-hybridized carbons (Fsp3) is 0.160. The third kappa shape index (κ3) is 3.92. The Morgan fingerprint density at radius 1 is 1.00 bits per heavy atom. The Hall–Kier alpha value is -4.13. The van der Waals surface area contributed by atoms with E-state index in [0.717, 1.165) is 5.56 Å². The van der Waals surface area contributed by atoms with E-state index in [2.05, 4.69) is 4.98 Å². The third-order valence-corrected chi connectivity index (χ3v) is 5.39. The number of likely N-dealkylation sites (tertiary alicyclic amines) is 1. The number of rotatable bonds is 6. The largest absolute Gasteiger partial charge is 0.507 e. The van der Waals surface area contributed by atoms with E-state index in [1.807, 2.05) is 6.07 Å². The third-order valence-electron chi connectivity index (χ3n) is 5.39. The Balaban J connectivity index is 1.85. The Kier molecular flexibility index (Phi) is 5.89. The Morgan fingerprint density at radius 2 is 1.75 bits per heavy atom. The lowest BCUT2D eigenvalue weighted by atomic mass is 9.95. The number of amides is 1. The van der Waals surface area contributed by atoms with Crippen molar-refractivity contribution in [3.8, 4) is 11.5 Å². The van der Waals surface area contributed by atoms with E-state index in [1.54, 1.807) is 74.1 Å². The summed E-state index contributed by atoms with van der Waals surface area (Å²) in [5.74, 6) is -0.503. The van der Waals surface area contributed by atoms with Crippen molar-refractivity contribution in [3.05, 3.63) is 95.3 Å². The SMILES string of the molecule is COc1ccc(C2C(=C(O)c3cccc(OC)c3)C(=O)C(=O)N2Cc2cccnc2)cc1. The molecule has 162 valence electrons. The molecule has 0 saturated carbocycles. The molecule has 0 aliphatic carbocycles. The van der Waals surface area contributed by atoms with Crippen molar-refractivity contribution in [1.82, 2.24) is 9.88 Å². The van der Waals surface area contributed by atoms with E-state index in [-0.39, 0.29) is 17.9 Å². The minimum atomic E-state index is -0.771. The smallest absolute Gasteiger partial charge is 0.295 e. The van der Waals surface area contributed by atoms with Gasteiger partial charge < -0.3 is 19.5 Å². The number of methoxy groups -OCH3 is 2. The lowest BCUT2D eigenvalue weighted by molar-refractivity contribution is -0.140. The van der Waals surface area contributed by atoms with Crippen LogP contribution in [-0.2, 0) is 16.1 Å². The van der Waals surface area contributed by atoms with Gasteiger partial charge in [0.25, 0.3) is 11.7 Å². The zero-order chi connectivity index (χ0) is 22.7. The van der Waals surface area contributed by atoms with E-state index in [0.29, 0.717) is 22.6 Å². The molecule has 4 rings (SSSR count). The number of ketones is 1. The van der Waals surface area contributed by atoms with Gasteiger partial charge in [-0.1, -0.05) is 30.3 Å². The molecular weight excluding hydrogens is 408 g/mol. The molecule has 0 radical (unpaired) electrons.